The summed E-state index contributed by atoms with van der Waals surface area (Å²) >= 11 is 0. The molecule has 0 fully saturated rings. The highest BCUT2D eigenvalue weighted by molar-refractivity contribution is 5.81. The number of ether oxygens (including phenoxy) is 1. The fourth-order valence-electron chi connectivity index (χ4n) is 1.63. The first-order valence-corrected chi connectivity index (χ1v) is 4.89. The quantitative estimate of drug-likeness (QED) is 0.810. The molecule has 2 rings (SSSR count). The summed E-state index contributed by atoms with van der Waals surface area (Å²) in [5.41, 5.74) is 8.65. The van der Waals surface area contributed by atoms with Gasteiger partial charge in [0.15, 0.2) is 0 Å². The van der Waals surface area contributed by atoms with Crippen molar-refractivity contribution in [3.05, 3.63) is 35.5 Å². The van der Waals surface area contributed by atoms with Gasteiger partial charge in [0.25, 0.3) is 0 Å². The molecule has 1 aromatic carbocycles. The van der Waals surface area contributed by atoms with Crippen LogP contribution < -0.4 is 10.5 Å². The Hall–Kier alpha value is -1.61. The van der Waals surface area contributed by atoms with Crippen molar-refractivity contribution in [2.75, 3.05) is 7.11 Å². The predicted molar refractivity (Wildman–Crippen MR) is 60.9 cm³/mol. The van der Waals surface area contributed by atoms with Crippen molar-refractivity contribution in [1.82, 2.24) is 4.98 Å². The maximum Gasteiger partial charge on any atom is 0.119 e. The average molecular weight is 202 g/mol. The van der Waals surface area contributed by atoms with E-state index in [4.69, 9.17) is 10.5 Å². The van der Waals surface area contributed by atoms with Crippen LogP contribution >= 0.6 is 0 Å². The van der Waals surface area contributed by atoms with Crippen molar-refractivity contribution >= 4 is 10.9 Å². The van der Waals surface area contributed by atoms with E-state index in [1.807, 2.05) is 25.1 Å². The van der Waals surface area contributed by atoms with E-state index < -0.39 is 0 Å². The maximum absolute atomic E-state index is 5.61. The molecule has 0 amide bonds. The van der Waals surface area contributed by atoms with E-state index in [1.54, 1.807) is 7.11 Å². The predicted octanol–water partition coefficient (Wildman–Crippen LogP) is 2.01. The number of fused-ring (bicyclic) bond motifs is 1. The molecule has 0 aliphatic heterocycles. The summed E-state index contributed by atoms with van der Waals surface area (Å²) < 4.78 is 5.17. The number of hydrogen-bond acceptors (Lipinski definition) is 3. The molecule has 0 radical (unpaired) electrons. The molecule has 1 heterocycles. The van der Waals surface area contributed by atoms with Crippen molar-refractivity contribution in [3.63, 3.8) is 0 Å². The Kier molecular flexibility index (Phi) is 2.56. The lowest BCUT2D eigenvalue weighted by molar-refractivity contribution is 0.415. The molecule has 0 atom stereocenters. The minimum Gasteiger partial charge on any atom is -0.497 e. The van der Waals surface area contributed by atoms with Gasteiger partial charge in [0.05, 0.1) is 18.3 Å². The number of benzene rings is 1. The van der Waals surface area contributed by atoms with Gasteiger partial charge in [-0.3, -0.25) is 4.98 Å². The maximum atomic E-state index is 5.61. The van der Waals surface area contributed by atoms with Crippen LogP contribution in [0.15, 0.2) is 24.3 Å². The van der Waals surface area contributed by atoms with Gasteiger partial charge >= 0.3 is 0 Å². The van der Waals surface area contributed by atoms with Gasteiger partial charge in [-0.15, -0.1) is 0 Å². The molecule has 0 unspecified atom stereocenters. The largest absolute Gasteiger partial charge is 0.497 e. The van der Waals surface area contributed by atoms with Crippen LogP contribution in [0.25, 0.3) is 10.9 Å². The van der Waals surface area contributed by atoms with Crippen LogP contribution in [0.3, 0.4) is 0 Å². The van der Waals surface area contributed by atoms with Crippen LogP contribution in [-0.4, -0.2) is 12.1 Å². The molecule has 0 aliphatic carbocycles. The number of nitrogens with zero attached hydrogens (tertiary/aromatic N) is 1. The summed E-state index contributed by atoms with van der Waals surface area (Å²) in [7, 11) is 1.66. The topological polar surface area (TPSA) is 48.1 Å². The van der Waals surface area contributed by atoms with Crippen molar-refractivity contribution in [2.45, 2.75) is 13.5 Å². The fraction of sp³-hybridized carbons (Fsp3) is 0.250. The molecular formula is C12H14N2O. The van der Waals surface area contributed by atoms with Gasteiger partial charge in [-0.2, -0.15) is 0 Å². The van der Waals surface area contributed by atoms with E-state index in [9.17, 15) is 0 Å². The van der Waals surface area contributed by atoms with Crippen molar-refractivity contribution in [1.29, 1.82) is 0 Å². The zero-order valence-corrected chi connectivity index (χ0v) is 8.95. The third kappa shape index (κ3) is 1.78. The summed E-state index contributed by atoms with van der Waals surface area (Å²) in [6, 6.07) is 7.93. The van der Waals surface area contributed by atoms with Crippen LogP contribution in [0.1, 0.15) is 11.3 Å². The second-order valence-corrected chi connectivity index (χ2v) is 3.51. The number of aryl methyl sites for hydroxylation is 1. The van der Waals surface area contributed by atoms with Gasteiger partial charge < -0.3 is 10.5 Å². The van der Waals surface area contributed by atoms with Crippen molar-refractivity contribution < 1.29 is 4.74 Å². The molecule has 78 valence electrons. The third-order valence-electron chi connectivity index (χ3n) is 2.51. The Morgan fingerprint density at radius 2 is 2.13 bits per heavy atom. The lowest BCUT2D eigenvalue weighted by atomic mass is 10.1. The standard InChI is InChI=1S/C12H14N2O/c1-8-5-9-6-10(15-2)3-4-11(9)14-12(8)7-13/h3-6H,7,13H2,1-2H3. The van der Waals surface area contributed by atoms with Crippen LogP contribution in [0.4, 0.5) is 0 Å². The number of hydrogen-bond donors (Lipinski definition) is 1. The number of pyridine rings is 1. The van der Waals surface area contributed by atoms with Gasteiger partial charge in [-0.05, 0) is 36.8 Å². The van der Waals surface area contributed by atoms with Crippen LogP contribution in [-0.2, 0) is 6.54 Å². The first-order chi connectivity index (χ1) is 7.24. The van der Waals surface area contributed by atoms with Gasteiger partial charge in [0, 0.05) is 11.9 Å². The fourth-order valence-corrected chi connectivity index (χ4v) is 1.63. The van der Waals surface area contributed by atoms with Gasteiger partial charge in [0.2, 0.25) is 0 Å². The Balaban J connectivity index is 2.65. The summed E-state index contributed by atoms with van der Waals surface area (Å²) in [6.07, 6.45) is 0. The molecule has 2 aromatic rings. The smallest absolute Gasteiger partial charge is 0.119 e. The molecule has 1 aromatic heterocycles. The summed E-state index contributed by atoms with van der Waals surface area (Å²) in [5, 5.41) is 1.09. The Bertz CT molecular complexity index is 494. The minimum atomic E-state index is 0.480. The first kappa shape index (κ1) is 9.93. The van der Waals surface area contributed by atoms with E-state index in [-0.39, 0.29) is 0 Å². The molecule has 3 nitrogen and oxygen atoms in total. The molecule has 0 saturated heterocycles. The average Bonchev–Trinajstić information content (AvgIpc) is 2.27. The first-order valence-electron chi connectivity index (χ1n) is 4.89. The van der Waals surface area contributed by atoms with Crippen LogP contribution in [0.2, 0.25) is 0 Å². The highest BCUT2D eigenvalue weighted by Gasteiger charge is 2.02. The molecule has 2 N–H and O–H groups in total. The Morgan fingerprint density at radius 3 is 2.80 bits per heavy atom. The Morgan fingerprint density at radius 1 is 1.33 bits per heavy atom. The molecule has 0 spiro atoms. The highest BCUT2D eigenvalue weighted by atomic mass is 16.5. The molecule has 3 heteroatoms. The number of methoxy groups -OCH3 is 1. The molecular weight excluding hydrogens is 188 g/mol. The molecule has 0 aliphatic rings. The summed E-state index contributed by atoms with van der Waals surface area (Å²) in [5.74, 6) is 0.851. The number of aromatic nitrogens is 1. The summed E-state index contributed by atoms with van der Waals surface area (Å²) in [4.78, 5) is 4.49. The molecule has 15 heavy (non-hydrogen) atoms. The molecule has 0 saturated carbocycles. The van der Waals surface area contributed by atoms with E-state index >= 15 is 0 Å². The van der Waals surface area contributed by atoms with Crippen molar-refractivity contribution in [2.24, 2.45) is 5.73 Å². The lowest BCUT2D eigenvalue weighted by Gasteiger charge is -2.06. The zero-order chi connectivity index (χ0) is 10.8. The minimum absolute atomic E-state index is 0.480. The third-order valence-corrected chi connectivity index (χ3v) is 2.51. The molecule has 0 bridgehead atoms. The Labute approximate surface area is 88.9 Å². The van der Waals surface area contributed by atoms with Crippen molar-refractivity contribution in [3.8, 4) is 5.75 Å². The SMILES string of the molecule is COc1ccc2nc(CN)c(C)cc2c1. The van der Waals surface area contributed by atoms with Crippen LogP contribution in [0.5, 0.6) is 5.75 Å². The monoisotopic (exact) mass is 202 g/mol. The highest BCUT2D eigenvalue weighted by Crippen LogP contribution is 2.21. The second kappa shape index (κ2) is 3.87. The number of rotatable bonds is 2. The van der Waals surface area contributed by atoms with Gasteiger partial charge in [-0.1, -0.05) is 0 Å². The lowest BCUT2D eigenvalue weighted by Crippen LogP contribution is -2.02. The van der Waals surface area contributed by atoms with E-state index in [0.717, 1.165) is 27.9 Å². The van der Waals surface area contributed by atoms with Gasteiger partial charge in [0.1, 0.15) is 5.75 Å². The normalized spacial score (nSPS) is 10.6. The van der Waals surface area contributed by atoms with Crippen LogP contribution in [0, 0.1) is 6.92 Å². The number of nitrogens with two attached hydrogens (primary N) is 1. The van der Waals surface area contributed by atoms with E-state index in [1.165, 1.54) is 0 Å². The summed E-state index contributed by atoms with van der Waals surface area (Å²) in [6.45, 7) is 2.50. The zero-order valence-electron chi connectivity index (χ0n) is 8.95. The van der Waals surface area contributed by atoms with E-state index in [0.29, 0.717) is 6.54 Å². The second-order valence-electron chi connectivity index (χ2n) is 3.51. The van der Waals surface area contributed by atoms with E-state index in [2.05, 4.69) is 11.1 Å². The van der Waals surface area contributed by atoms with Gasteiger partial charge in [-0.25, -0.2) is 0 Å².